The Bertz CT molecular complexity index is 579. The van der Waals surface area contributed by atoms with Crippen LogP contribution in [0.4, 0.5) is 5.69 Å². The number of nitrogens with two attached hydrogens (primary N) is 1. The lowest BCUT2D eigenvalue weighted by Gasteiger charge is -2.32. The van der Waals surface area contributed by atoms with Gasteiger partial charge < -0.3 is 20.7 Å². The molecule has 2 aliphatic heterocycles. The van der Waals surface area contributed by atoms with Gasteiger partial charge in [0, 0.05) is 37.3 Å². The molecular weight excluding hydrogens is 306 g/mol. The second-order valence-electron chi connectivity index (χ2n) is 5.40. The third-order valence-corrected chi connectivity index (χ3v) is 3.94. The highest BCUT2D eigenvalue weighted by molar-refractivity contribution is 5.98. The largest absolute Gasteiger partial charge is 0.373 e. The van der Waals surface area contributed by atoms with Gasteiger partial charge in [-0.2, -0.15) is 0 Å². The Morgan fingerprint density at radius 1 is 1.41 bits per heavy atom. The number of amides is 2. The number of morpholine rings is 1. The minimum absolute atomic E-state index is 0. The molecule has 22 heavy (non-hydrogen) atoms. The highest BCUT2D eigenvalue weighted by atomic mass is 35.5. The van der Waals surface area contributed by atoms with E-state index in [1.807, 2.05) is 6.07 Å². The molecule has 1 aromatic carbocycles. The summed E-state index contributed by atoms with van der Waals surface area (Å²) in [5.41, 5.74) is 8.09. The van der Waals surface area contributed by atoms with E-state index in [9.17, 15) is 9.59 Å². The zero-order valence-electron chi connectivity index (χ0n) is 12.2. The lowest BCUT2D eigenvalue weighted by molar-refractivity contribution is -0.116. The van der Waals surface area contributed by atoms with Crippen molar-refractivity contribution < 1.29 is 14.3 Å². The molecule has 1 aromatic rings. The molecule has 1 fully saturated rings. The van der Waals surface area contributed by atoms with Crippen LogP contribution in [0.5, 0.6) is 0 Å². The predicted molar refractivity (Wildman–Crippen MR) is 85.3 cm³/mol. The van der Waals surface area contributed by atoms with E-state index >= 15 is 0 Å². The first-order valence-corrected chi connectivity index (χ1v) is 7.21. The molecule has 2 heterocycles. The van der Waals surface area contributed by atoms with Gasteiger partial charge in [0.2, 0.25) is 5.91 Å². The minimum Gasteiger partial charge on any atom is -0.373 e. The zero-order chi connectivity index (χ0) is 14.8. The summed E-state index contributed by atoms with van der Waals surface area (Å²) in [6, 6.07) is 5.45. The Morgan fingerprint density at radius 2 is 2.23 bits per heavy atom. The number of anilines is 1. The number of aryl methyl sites for hydroxylation is 1. The van der Waals surface area contributed by atoms with E-state index in [-0.39, 0.29) is 30.3 Å². The average molecular weight is 326 g/mol. The van der Waals surface area contributed by atoms with Gasteiger partial charge in [-0.05, 0) is 30.2 Å². The van der Waals surface area contributed by atoms with Crippen LogP contribution in [0.2, 0.25) is 0 Å². The lowest BCUT2D eigenvalue weighted by atomic mass is 10.00. The summed E-state index contributed by atoms with van der Waals surface area (Å²) in [7, 11) is 0. The Kier molecular flexibility index (Phi) is 5.39. The number of ether oxygens (including phenoxy) is 1. The molecule has 0 spiro atoms. The maximum Gasteiger partial charge on any atom is 0.254 e. The average Bonchev–Trinajstić information content (AvgIpc) is 2.53. The van der Waals surface area contributed by atoms with Crippen LogP contribution in [0.15, 0.2) is 18.2 Å². The van der Waals surface area contributed by atoms with E-state index in [1.165, 1.54) is 0 Å². The summed E-state index contributed by atoms with van der Waals surface area (Å²) in [5.74, 6) is 0.0250. The van der Waals surface area contributed by atoms with Crippen LogP contribution in [-0.2, 0) is 16.0 Å². The van der Waals surface area contributed by atoms with E-state index in [0.717, 1.165) is 11.3 Å². The van der Waals surface area contributed by atoms with Crippen molar-refractivity contribution in [3.63, 3.8) is 0 Å². The van der Waals surface area contributed by atoms with Crippen molar-refractivity contribution in [1.82, 2.24) is 4.90 Å². The van der Waals surface area contributed by atoms with Crippen molar-refractivity contribution in [2.45, 2.75) is 18.9 Å². The minimum atomic E-state index is -0.0837. The van der Waals surface area contributed by atoms with Gasteiger partial charge in [0.05, 0.1) is 12.7 Å². The van der Waals surface area contributed by atoms with E-state index in [1.54, 1.807) is 17.0 Å². The normalized spacial score (nSPS) is 20.7. The number of fused-ring (bicyclic) bond motifs is 1. The van der Waals surface area contributed by atoms with Gasteiger partial charge >= 0.3 is 0 Å². The molecule has 1 saturated heterocycles. The second-order valence-corrected chi connectivity index (χ2v) is 5.40. The van der Waals surface area contributed by atoms with E-state index in [2.05, 4.69) is 5.32 Å². The van der Waals surface area contributed by atoms with Crippen LogP contribution in [0.25, 0.3) is 0 Å². The third kappa shape index (κ3) is 3.40. The Morgan fingerprint density at radius 3 is 3.00 bits per heavy atom. The molecule has 6 nitrogen and oxygen atoms in total. The fourth-order valence-corrected chi connectivity index (χ4v) is 2.75. The number of carbonyl (C=O) groups is 2. The number of hydrogen-bond acceptors (Lipinski definition) is 4. The standard InChI is InChI=1S/C15H19N3O3.ClH/c16-8-12-9-18(5-6-21-12)15(20)11-1-3-13-10(7-11)2-4-14(19)17-13;/h1,3,7,12H,2,4-6,8-9,16H2,(H,17,19);1H. The molecule has 1 atom stereocenters. The number of carbonyl (C=O) groups excluding carboxylic acids is 2. The summed E-state index contributed by atoms with van der Waals surface area (Å²) < 4.78 is 5.48. The van der Waals surface area contributed by atoms with Crippen molar-refractivity contribution >= 4 is 29.9 Å². The van der Waals surface area contributed by atoms with Crippen LogP contribution < -0.4 is 11.1 Å². The van der Waals surface area contributed by atoms with Crippen molar-refractivity contribution in [3.8, 4) is 0 Å². The summed E-state index contributed by atoms with van der Waals surface area (Å²) in [4.78, 5) is 25.7. The molecule has 0 bridgehead atoms. The van der Waals surface area contributed by atoms with Crippen LogP contribution in [0, 0.1) is 0 Å². The number of benzene rings is 1. The number of hydrogen-bond donors (Lipinski definition) is 2. The monoisotopic (exact) mass is 325 g/mol. The SMILES string of the molecule is Cl.NCC1CN(C(=O)c2ccc3c(c2)CCC(=O)N3)CCO1. The maximum absolute atomic E-state index is 12.6. The van der Waals surface area contributed by atoms with Crippen LogP contribution in [-0.4, -0.2) is 49.1 Å². The summed E-state index contributed by atoms with van der Waals surface area (Å²) in [5, 5.41) is 2.82. The van der Waals surface area contributed by atoms with Crippen molar-refractivity contribution in [3.05, 3.63) is 29.3 Å². The molecule has 2 aliphatic rings. The molecule has 3 rings (SSSR count). The Balaban J connectivity index is 0.00000176. The molecule has 3 N–H and O–H groups in total. The smallest absolute Gasteiger partial charge is 0.254 e. The van der Waals surface area contributed by atoms with Gasteiger partial charge in [0.25, 0.3) is 5.91 Å². The zero-order valence-corrected chi connectivity index (χ0v) is 13.0. The number of halogens is 1. The first-order chi connectivity index (χ1) is 10.2. The first-order valence-electron chi connectivity index (χ1n) is 7.21. The number of nitrogens with zero attached hydrogens (tertiary/aromatic N) is 1. The Labute approximate surface area is 135 Å². The molecule has 0 radical (unpaired) electrons. The van der Waals surface area contributed by atoms with Gasteiger partial charge in [-0.25, -0.2) is 0 Å². The lowest BCUT2D eigenvalue weighted by Crippen LogP contribution is -2.48. The third-order valence-electron chi connectivity index (χ3n) is 3.94. The molecule has 0 saturated carbocycles. The van der Waals surface area contributed by atoms with Crippen molar-refractivity contribution in [1.29, 1.82) is 0 Å². The highest BCUT2D eigenvalue weighted by Gasteiger charge is 2.25. The molecule has 2 amide bonds. The molecular formula is C15H20ClN3O3. The van der Waals surface area contributed by atoms with Gasteiger partial charge in [0.1, 0.15) is 0 Å². The van der Waals surface area contributed by atoms with Crippen molar-refractivity contribution in [2.24, 2.45) is 5.73 Å². The second kappa shape index (κ2) is 7.09. The fraction of sp³-hybridized carbons (Fsp3) is 0.467. The summed E-state index contributed by atoms with van der Waals surface area (Å²) >= 11 is 0. The van der Waals surface area contributed by atoms with Gasteiger partial charge in [-0.1, -0.05) is 0 Å². The van der Waals surface area contributed by atoms with E-state index in [0.29, 0.717) is 44.6 Å². The van der Waals surface area contributed by atoms with Crippen LogP contribution >= 0.6 is 12.4 Å². The van der Waals surface area contributed by atoms with Crippen LogP contribution in [0.3, 0.4) is 0 Å². The van der Waals surface area contributed by atoms with Gasteiger partial charge in [-0.3, -0.25) is 9.59 Å². The van der Waals surface area contributed by atoms with E-state index in [4.69, 9.17) is 10.5 Å². The molecule has 120 valence electrons. The quantitative estimate of drug-likeness (QED) is 0.842. The maximum atomic E-state index is 12.6. The summed E-state index contributed by atoms with van der Waals surface area (Å²) in [6.45, 7) is 2.06. The molecule has 1 unspecified atom stereocenters. The number of nitrogens with one attached hydrogen (secondary N) is 1. The molecule has 7 heteroatoms. The van der Waals surface area contributed by atoms with E-state index < -0.39 is 0 Å². The molecule has 0 aliphatic carbocycles. The highest BCUT2D eigenvalue weighted by Crippen LogP contribution is 2.24. The van der Waals surface area contributed by atoms with Crippen LogP contribution in [0.1, 0.15) is 22.3 Å². The van der Waals surface area contributed by atoms with Gasteiger partial charge in [-0.15, -0.1) is 12.4 Å². The van der Waals surface area contributed by atoms with Gasteiger partial charge in [0.15, 0.2) is 0 Å². The topological polar surface area (TPSA) is 84.7 Å². The first kappa shape index (κ1) is 16.7. The summed E-state index contributed by atoms with van der Waals surface area (Å²) in [6.07, 6.45) is 1.06. The number of rotatable bonds is 2. The fourth-order valence-electron chi connectivity index (χ4n) is 2.75. The molecule has 0 aromatic heterocycles. The Hall–Kier alpha value is -1.63. The van der Waals surface area contributed by atoms with Crippen molar-refractivity contribution in [2.75, 3.05) is 31.6 Å². The predicted octanol–water partition coefficient (Wildman–Crippen LogP) is 0.793.